The van der Waals surface area contributed by atoms with Crippen molar-refractivity contribution in [2.45, 2.75) is 33.4 Å². The van der Waals surface area contributed by atoms with Gasteiger partial charge >= 0.3 is 15.4 Å². The van der Waals surface area contributed by atoms with E-state index in [0.29, 0.717) is 0 Å². The minimum Gasteiger partial charge on any atom is -0.396 e. The molecule has 0 aliphatic heterocycles. The van der Waals surface area contributed by atoms with Crippen molar-refractivity contribution in [1.29, 1.82) is 0 Å². The van der Waals surface area contributed by atoms with Crippen LogP contribution in [-0.4, -0.2) is 68.3 Å². The quantitative estimate of drug-likeness (QED) is 0.157. The number of hydrogen-bond acceptors (Lipinski definition) is 11. The molecule has 0 radical (unpaired) electrons. The highest BCUT2D eigenvalue weighted by Gasteiger charge is 2.24. The lowest BCUT2D eigenvalue weighted by Gasteiger charge is -2.14. The van der Waals surface area contributed by atoms with Crippen LogP contribution in [0.3, 0.4) is 0 Å². The van der Waals surface area contributed by atoms with Gasteiger partial charge in [0.15, 0.2) is 0 Å². The molecule has 0 saturated carbocycles. The van der Waals surface area contributed by atoms with Crippen LogP contribution in [0, 0.1) is 11.8 Å². The average Bonchev–Trinajstić information content (AvgIpc) is 3.28. The molecule has 0 bridgehead atoms. The smallest absolute Gasteiger partial charge is 0.396 e. The van der Waals surface area contributed by atoms with Gasteiger partial charge in [0.25, 0.3) is 22.2 Å². The van der Waals surface area contributed by atoms with Crippen LogP contribution in [0.25, 0.3) is 21.5 Å². The van der Waals surface area contributed by atoms with Crippen LogP contribution in [0.4, 0.5) is 0 Å². The number of rotatable bonds is 16. The van der Waals surface area contributed by atoms with Gasteiger partial charge in [-0.15, -0.1) is 0 Å². The average molecular weight is 606 g/mol. The molecule has 4 atom stereocenters. The Morgan fingerprint density at radius 3 is 1.57 bits per heavy atom. The minimum absolute atomic E-state index is 0.127. The van der Waals surface area contributed by atoms with Gasteiger partial charge in [0.05, 0.1) is 60.6 Å². The highest BCUT2D eigenvalue weighted by Crippen LogP contribution is 2.44. The number of benzene rings is 1. The molecule has 15 nitrogen and oxygen atoms in total. The van der Waals surface area contributed by atoms with Crippen molar-refractivity contribution in [3.05, 3.63) is 53.5 Å². The number of phosphoric ester groups is 1. The normalized spacial score (nSPS) is 16.8. The molecule has 0 aliphatic carbocycles. The summed E-state index contributed by atoms with van der Waals surface area (Å²) < 4.78 is 40.2. The number of aliphatic hydroxyl groups excluding tert-OH is 2. The lowest BCUT2D eigenvalue weighted by Crippen LogP contribution is -2.28. The molecule has 3 rings (SSSR count). The van der Waals surface area contributed by atoms with Gasteiger partial charge in [-0.2, -0.15) is 0 Å². The summed E-state index contributed by atoms with van der Waals surface area (Å²) in [6.45, 7) is 0.886. The number of nitrogens with zero attached hydrogens (tertiary/aromatic N) is 2. The van der Waals surface area contributed by atoms with Crippen LogP contribution in [-0.2, 0) is 35.8 Å². The van der Waals surface area contributed by atoms with Crippen molar-refractivity contribution in [2.75, 3.05) is 39.2 Å². The molecule has 1 aromatic carbocycles. The first-order chi connectivity index (χ1) is 18.7. The number of aromatic nitrogens is 2. The Morgan fingerprint density at radius 1 is 0.725 bits per heavy atom. The zero-order valence-corrected chi connectivity index (χ0v) is 23.7. The van der Waals surface area contributed by atoms with Crippen LogP contribution in [0.1, 0.15) is 20.3 Å². The van der Waals surface area contributed by atoms with E-state index in [2.05, 4.69) is 0 Å². The summed E-state index contributed by atoms with van der Waals surface area (Å²) in [7, 11) is -8.51. The summed E-state index contributed by atoms with van der Waals surface area (Å²) in [4.78, 5) is 71.1. The highest BCUT2D eigenvalue weighted by molar-refractivity contribution is 7.52. The monoisotopic (exact) mass is 606 g/mol. The van der Waals surface area contributed by atoms with E-state index in [1.165, 1.54) is 0 Å². The van der Waals surface area contributed by atoms with Crippen molar-refractivity contribution in [3.8, 4) is 0 Å². The Balaban J connectivity index is 1.77. The van der Waals surface area contributed by atoms with E-state index in [9.17, 15) is 38.1 Å². The van der Waals surface area contributed by atoms with Crippen molar-refractivity contribution in [3.63, 3.8) is 0 Å². The predicted octanol–water partition coefficient (Wildman–Crippen LogP) is -0.105. The summed E-state index contributed by atoms with van der Waals surface area (Å²) in [5, 5.41) is 17.5. The standard InChI is InChI=1S/C23H32N2O13P2/c1-14(11-26)3-8-39(32,33)36-6-4-24-20(28)16-9-18-19(10-17(16)21(24)29)23(31)25(22(18)30)5-7-37-40(34,35)38-13-15(2)12-27/h9-10,14-15,26-27H,3-8,11-13H2,1-2H3,(H,32,33)(H,34,35)/t14-,15?/m0/s1. The summed E-state index contributed by atoms with van der Waals surface area (Å²) >= 11 is 0. The largest absolute Gasteiger partial charge is 0.472 e. The van der Waals surface area contributed by atoms with Gasteiger partial charge in [0.2, 0.25) is 0 Å². The molecule has 3 unspecified atom stereocenters. The van der Waals surface area contributed by atoms with E-state index in [1.54, 1.807) is 13.8 Å². The van der Waals surface area contributed by atoms with E-state index in [-0.39, 0.29) is 66.4 Å². The van der Waals surface area contributed by atoms with Crippen LogP contribution in [0.5, 0.6) is 0 Å². The molecule has 0 amide bonds. The maximum atomic E-state index is 12.9. The maximum Gasteiger partial charge on any atom is 0.472 e. The van der Waals surface area contributed by atoms with Gasteiger partial charge in [-0.1, -0.05) is 13.8 Å². The third-order valence-corrected chi connectivity index (χ3v) is 8.68. The molecule has 3 aromatic rings. The highest BCUT2D eigenvalue weighted by atomic mass is 31.2. The first-order valence-corrected chi connectivity index (χ1v) is 15.7. The van der Waals surface area contributed by atoms with E-state index in [1.807, 2.05) is 0 Å². The molecular weight excluding hydrogens is 574 g/mol. The fraction of sp³-hybridized carbons (Fsp3) is 0.565. The second-order valence-electron chi connectivity index (χ2n) is 9.62. The number of hydrogen-bond donors (Lipinski definition) is 4. The summed E-state index contributed by atoms with van der Waals surface area (Å²) in [5.41, 5.74) is -3.14. The fourth-order valence-electron chi connectivity index (χ4n) is 3.85. The molecule has 0 aliphatic rings. The van der Waals surface area contributed by atoms with Crippen molar-refractivity contribution >= 4 is 37.0 Å². The van der Waals surface area contributed by atoms with Gasteiger partial charge in [0.1, 0.15) is 0 Å². The van der Waals surface area contributed by atoms with Gasteiger partial charge in [0, 0.05) is 19.1 Å². The molecule has 4 N–H and O–H groups in total. The van der Waals surface area contributed by atoms with Crippen LogP contribution in [0.15, 0.2) is 31.3 Å². The van der Waals surface area contributed by atoms with Gasteiger partial charge in [-0.25, -0.2) is 4.57 Å². The second kappa shape index (κ2) is 13.1. The summed E-state index contributed by atoms with van der Waals surface area (Å²) in [6.07, 6.45) is 0.0339. The van der Waals surface area contributed by atoms with Crippen molar-refractivity contribution < 1.29 is 42.7 Å². The SMILES string of the molecule is CC(CO)COP(=O)(O)OCCn1c(=O)c2cc3c(=O)n(CCOP(=O)(O)CC[C@H](C)CO)c(=O)c3cc2c1=O. The molecule has 0 spiro atoms. The third-order valence-electron chi connectivity index (χ3n) is 6.29. The summed E-state index contributed by atoms with van der Waals surface area (Å²) in [5.74, 6) is -0.619. The van der Waals surface area contributed by atoms with Crippen LogP contribution < -0.4 is 22.2 Å². The minimum atomic E-state index is -4.50. The summed E-state index contributed by atoms with van der Waals surface area (Å²) in [6, 6.07) is 2.24. The topological polar surface area (TPSA) is 221 Å². The van der Waals surface area contributed by atoms with Crippen molar-refractivity contribution in [1.82, 2.24) is 9.13 Å². The van der Waals surface area contributed by atoms with Gasteiger partial charge in [-0.05, 0) is 24.5 Å². The number of aliphatic hydroxyl groups is 2. The zero-order valence-electron chi connectivity index (χ0n) is 21.9. The zero-order chi connectivity index (χ0) is 29.8. The Kier molecular flexibility index (Phi) is 10.6. The molecule has 0 saturated heterocycles. The molecular formula is C23H32N2O13P2. The Bertz CT molecular complexity index is 1460. The molecule has 0 fully saturated rings. The number of fused-ring (bicyclic) bond motifs is 2. The number of phosphoric acid groups is 1. The van der Waals surface area contributed by atoms with E-state index in [0.717, 1.165) is 21.3 Å². The first kappa shape index (κ1) is 32.2. The lowest BCUT2D eigenvalue weighted by molar-refractivity contribution is 0.112. The molecule has 2 aromatic heterocycles. The second-order valence-corrected chi connectivity index (χ2v) is 13.1. The maximum absolute atomic E-state index is 12.9. The Morgan fingerprint density at radius 2 is 1.15 bits per heavy atom. The fourth-order valence-corrected chi connectivity index (χ4v) is 5.95. The van der Waals surface area contributed by atoms with Crippen LogP contribution in [0.2, 0.25) is 0 Å². The van der Waals surface area contributed by atoms with E-state index < -0.39 is 63.3 Å². The van der Waals surface area contributed by atoms with Crippen LogP contribution >= 0.6 is 15.4 Å². The molecule has 40 heavy (non-hydrogen) atoms. The van der Waals surface area contributed by atoms with Gasteiger partial charge in [-0.3, -0.25) is 41.9 Å². The van der Waals surface area contributed by atoms with Gasteiger partial charge < -0.3 is 24.5 Å². The first-order valence-electron chi connectivity index (χ1n) is 12.4. The van der Waals surface area contributed by atoms with Crippen molar-refractivity contribution in [2.24, 2.45) is 11.8 Å². The van der Waals surface area contributed by atoms with E-state index in [4.69, 9.17) is 23.8 Å². The third kappa shape index (κ3) is 7.49. The van der Waals surface area contributed by atoms with E-state index >= 15 is 0 Å². The Labute approximate surface area is 227 Å². The molecule has 222 valence electrons. The predicted molar refractivity (Wildman–Crippen MR) is 144 cm³/mol. The Hall–Kier alpha value is -2.32. The molecule has 2 heterocycles. The molecule has 17 heteroatoms. The lowest BCUT2D eigenvalue weighted by atomic mass is 10.1.